The lowest BCUT2D eigenvalue weighted by Crippen LogP contribution is -2.44. The van der Waals surface area contributed by atoms with E-state index < -0.39 is 11.9 Å². The van der Waals surface area contributed by atoms with Crippen LogP contribution in [-0.4, -0.2) is 48.2 Å². The highest BCUT2D eigenvalue weighted by Gasteiger charge is 2.38. The second-order valence-corrected chi connectivity index (χ2v) is 4.51. The fourth-order valence-electron chi connectivity index (χ4n) is 2.05. The minimum absolute atomic E-state index is 0.0141. The Morgan fingerprint density at radius 2 is 2.06 bits per heavy atom. The molecule has 2 unspecified atom stereocenters. The third-order valence-corrected chi connectivity index (χ3v) is 3.25. The minimum atomic E-state index is -0.888. The van der Waals surface area contributed by atoms with E-state index in [1.165, 1.54) is 0 Å². The van der Waals surface area contributed by atoms with E-state index in [4.69, 9.17) is 9.84 Å². The van der Waals surface area contributed by atoms with Crippen molar-refractivity contribution >= 4 is 11.9 Å². The van der Waals surface area contributed by atoms with E-state index in [-0.39, 0.29) is 18.6 Å². The van der Waals surface area contributed by atoms with Gasteiger partial charge < -0.3 is 14.7 Å². The standard InChI is InChI=1S/C12H21NO4/c1-3-4-5-6-11(14)13(2)10-8-17-7-9(10)12(15)16/h9-10H,3-8H2,1-2H3,(H,15,16). The van der Waals surface area contributed by atoms with Crippen LogP contribution in [0.5, 0.6) is 0 Å². The first-order valence-electron chi connectivity index (χ1n) is 6.14. The van der Waals surface area contributed by atoms with Crippen LogP contribution in [0.15, 0.2) is 0 Å². The van der Waals surface area contributed by atoms with Crippen molar-refractivity contribution in [3.05, 3.63) is 0 Å². The number of carboxylic acid groups (broad SMARTS) is 1. The normalized spacial score (nSPS) is 23.6. The highest BCUT2D eigenvalue weighted by Crippen LogP contribution is 2.20. The fraction of sp³-hybridized carbons (Fsp3) is 0.833. The summed E-state index contributed by atoms with van der Waals surface area (Å²) < 4.78 is 5.15. The molecule has 1 N–H and O–H groups in total. The summed E-state index contributed by atoms with van der Waals surface area (Å²) in [7, 11) is 1.67. The van der Waals surface area contributed by atoms with Crippen LogP contribution in [0.25, 0.3) is 0 Å². The molecular weight excluding hydrogens is 222 g/mol. The molecule has 2 atom stereocenters. The monoisotopic (exact) mass is 243 g/mol. The molecule has 17 heavy (non-hydrogen) atoms. The summed E-state index contributed by atoms with van der Waals surface area (Å²) in [6.07, 6.45) is 3.46. The topological polar surface area (TPSA) is 66.8 Å². The number of nitrogens with zero attached hydrogens (tertiary/aromatic N) is 1. The zero-order valence-electron chi connectivity index (χ0n) is 10.5. The highest BCUT2D eigenvalue weighted by atomic mass is 16.5. The van der Waals surface area contributed by atoms with Crippen LogP contribution in [-0.2, 0) is 14.3 Å². The van der Waals surface area contributed by atoms with Gasteiger partial charge in [-0.15, -0.1) is 0 Å². The summed E-state index contributed by atoms with van der Waals surface area (Å²) in [6.45, 7) is 2.61. The van der Waals surface area contributed by atoms with Crippen molar-refractivity contribution in [2.75, 3.05) is 20.3 Å². The number of rotatable bonds is 6. The Labute approximate surface area is 102 Å². The molecule has 1 heterocycles. The first kappa shape index (κ1) is 14.0. The van der Waals surface area contributed by atoms with Crippen LogP contribution < -0.4 is 0 Å². The van der Waals surface area contributed by atoms with Gasteiger partial charge in [-0.25, -0.2) is 0 Å². The van der Waals surface area contributed by atoms with E-state index in [1.54, 1.807) is 11.9 Å². The summed E-state index contributed by atoms with van der Waals surface area (Å²) in [5.74, 6) is -1.46. The van der Waals surface area contributed by atoms with Gasteiger partial charge in [0.2, 0.25) is 5.91 Å². The van der Waals surface area contributed by atoms with Crippen molar-refractivity contribution in [2.24, 2.45) is 5.92 Å². The average Bonchev–Trinajstić information content (AvgIpc) is 2.77. The Balaban J connectivity index is 2.47. The van der Waals surface area contributed by atoms with Gasteiger partial charge in [-0.05, 0) is 6.42 Å². The molecule has 0 aliphatic carbocycles. The van der Waals surface area contributed by atoms with Gasteiger partial charge in [0.1, 0.15) is 5.92 Å². The number of likely N-dealkylation sites (N-methyl/N-ethyl adjacent to an activating group) is 1. The largest absolute Gasteiger partial charge is 0.481 e. The molecule has 5 heteroatoms. The Morgan fingerprint density at radius 1 is 1.35 bits per heavy atom. The molecule has 0 spiro atoms. The quantitative estimate of drug-likeness (QED) is 0.710. The van der Waals surface area contributed by atoms with Crippen molar-refractivity contribution in [3.63, 3.8) is 0 Å². The Kier molecular flexibility index (Phi) is 5.41. The lowest BCUT2D eigenvalue weighted by atomic mass is 10.0. The van der Waals surface area contributed by atoms with E-state index in [1.807, 2.05) is 0 Å². The molecule has 1 aliphatic heterocycles. The van der Waals surface area contributed by atoms with Crippen molar-refractivity contribution < 1.29 is 19.4 Å². The van der Waals surface area contributed by atoms with Gasteiger partial charge in [-0.2, -0.15) is 0 Å². The molecular formula is C12H21NO4. The first-order valence-corrected chi connectivity index (χ1v) is 6.14. The van der Waals surface area contributed by atoms with Crippen molar-refractivity contribution in [2.45, 2.75) is 38.6 Å². The summed E-state index contributed by atoms with van der Waals surface area (Å²) >= 11 is 0. The summed E-state index contributed by atoms with van der Waals surface area (Å²) in [5, 5.41) is 9.01. The van der Waals surface area contributed by atoms with E-state index in [0.29, 0.717) is 13.0 Å². The third kappa shape index (κ3) is 3.70. The van der Waals surface area contributed by atoms with Crippen LogP contribution >= 0.6 is 0 Å². The van der Waals surface area contributed by atoms with Crippen LogP contribution in [0.3, 0.4) is 0 Å². The average molecular weight is 243 g/mol. The van der Waals surface area contributed by atoms with Gasteiger partial charge in [-0.3, -0.25) is 9.59 Å². The highest BCUT2D eigenvalue weighted by molar-refractivity contribution is 5.78. The number of hydrogen-bond donors (Lipinski definition) is 1. The molecule has 98 valence electrons. The van der Waals surface area contributed by atoms with E-state index in [2.05, 4.69) is 6.92 Å². The zero-order valence-corrected chi connectivity index (χ0v) is 10.5. The first-order chi connectivity index (χ1) is 8.07. The van der Waals surface area contributed by atoms with Crippen molar-refractivity contribution in [1.29, 1.82) is 0 Å². The summed E-state index contributed by atoms with van der Waals surface area (Å²) in [5.41, 5.74) is 0. The number of unbranched alkanes of at least 4 members (excludes halogenated alkanes) is 2. The molecule has 1 aliphatic rings. The second-order valence-electron chi connectivity index (χ2n) is 4.51. The maximum Gasteiger partial charge on any atom is 0.311 e. The molecule has 0 saturated carbocycles. The van der Waals surface area contributed by atoms with Gasteiger partial charge in [0.25, 0.3) is 0 Å². The third-order valence-electron chi connectivity index (χ3n) is 3.25. The number of ether oxygens (including phenoxy) is 1. The minimum Gasteiger partial charge on any atom is -0.481 e. The van der Waals surface area contributed by atoms with E-state index >= 15 is 0 Å². The summed E-state index contributed by atoms with van der Waals surface area (Å²) in [6, 6.07) is -0.318. The maximum atomic E-state index is 11.9. The predicted molar refractivity (Wildman–Crippen MR) is 62.6 cm³/mol. The van der Waals surface area contributed by atoms with Crippen LogP contribution in [0.2, 0.25) is 0 Å². The molecule has 0 aromatic heterocycles. The summed E-state index contributed by atoms with van der Waals surface area (Å²) in [4.78, 5) is 24.4. The molecule has 0 aromatic carbocycles. The molecule has 1 saturated heterocycles. The Morgan fingerprint density at radius 3 is 2.65 bits per heavy atom. The van der Waals surface area contributed by atoms with Crippen LogP contribution in [0.1, 0.15) is 32.6 Å². The molecule has 0 radical (unpaired) electrons. The fourth-order valence-corrected chi connectivity index (χ4v) is 2.05. The Hall–Kier alpha value is -1.10. The van der Waals surface area contributed by atoms with Gasteiger partial charge in [0.05, 0.1) is 19.3 Å². The lowest BCUT2D eigenvalue weighted by Gasteiger charge is -2.26. The molecule has 1 fully saturated rings. The molecule has 1 rings (SSSR count). The van der Waals surface area contributed by atoms with Crippen molar-refractivity contribution in [3.8, 4) is 0 Å². The molecule has 5 nitrogen and oxygen atoms in total. The number of carbonyl (C=O) groups excluding carboxylic acids is 1. The van der Waals surface area contributed by atoms with E-state index in [0.717, 1.165) is 19.3 Å². The molecule has 0 bridgehead atoms. The number of amides is 1. The number of aliphatic carboxylic acids is 1. The number of carbonyl (C=O) groups is 2. The Bertz CT molecular complexity index is 280. The molecule has 0 aromatic rings. The van der Waals surface area contributed by atoms with Gasteiger partial charge in [0, 0.05) is 13.5 Å². The van der Waals surface area contributed by atoms with Crippen molar-refractivity contribution in [1.82, 2.24) is 4.90 Å². The maximum absolute atomic E-state index is 11.9. The number of carboxylic acids is 1. The number of hydrogen-bond acceptors (Lipinski definition) is 3. The smallest absolute Gasteiger partial charge is 0.311 e. The van der Waals surface area contributed by atoms with Crippen LogP contribution in [0, 0.1) is 5.92 Å². The molecule has 1 amide bonds. The second kappa shape index (κ2) is 6.59. The zero-order chi connectivity index (χ0) is 12.8. The SMILES string of the molecule is CCCCCC(=O)N(C)C1COCC1C(=O)O. The van der Waals surface area contributed by atoms with Gasteiger partial charge in [-0.1, -0.05) is 19.8 Å². The predicted octanol–water partition coefficient (Wildman–Crippen LogP) is 1.12. The van der Waals surface area contributed by atoms with Gasteiger partial charge in [0.15, 0.2) is 0 Å². The van der Waals surface area contributed by atoms with Crippen LogP contribution in [0.4, 0.5) is 0 Å². The van der Waals surface area contributed by atoms with E-state index in [9.17, 15) is 9.59 Å². The lowest BCUT2D eigenvalue weighted by molar-refractivity contribution is -0.144. The van der Waals surface area contributed by atoms with Gasteiger partial charge >= 0.3 is 5.97 Å².